The van der Waals surface area contributed by atoms with Crippen LogP contribution in [0.5, 0.6) is 5.75 Å². The molecule has 0 aromatic heterocycles. The summed E-state index contributed by atoms with van der Waals surface area (Å²) in [7, 11) is 0. The number of aromatic hydroxyl groups is 1. The Morgan fingerprint density at radius 1 is 0.800 bits per heavy atom. The molecular formula is C24H34O. The highest BCUT2D eigenvalue weighted by atomic mass is 16.3. The fraction of sp³-hybridized carbons (Fsp3) is 0.500. The van der Waals surface area contributed by atoms with Gasteiger partial charge in [-0.3, -0.25) is 0 Å². The predicted molar refractivity (Wildman–Crippen MR) is 109 cm³/mol. The first-order valence-corrected chi connectivity index (χ1v) is 9.92. The van der Waals surface area contributed by atoms with E-state index in [-0.39, 0.29) is 5.41 Å². The summed E-state index contributed by atoms with van der Waals surface area (Å²) < 4.78 is 0. The third kappa shape index (κ3) is 4.66. The lowest BCUT2D eigenvalue weighted by Crippen LogP contribution is -2.22. The Bertz CT molecular complexity index is 655. The van der Waals surface area contributed by atoms with Gasteiger partial charge in [0.1, 0.15) is 5.75 Å². The second-order valence-corrected chi connectivity index (χ2v) is 7.65. The van der Waals surface area contributed by atoms with Crippen LogP contribution in [-0.4, -0.2) is 5.11 Å². The van der Waals surface area contributed by atoms with Gasteiger partial charge >= 0.3 is 0 Å². The van der Waals surface area contributed by atoms with Crippen LogP contribution in [0.15, 0.2) is 42.5 Å². The number of hydrogen-bond acceptors (Lipinski definition) is 1. The zero-order valence-corrected chi connectivity index (χ0v) is 16.4. The SMILES string of the molecule is CCCCCc1c(CCCC)ccc(O)c1C(C)(C)c1ccccc1. The summed E-state index contributed by atoms with van der Waals surface area (Å²) >= 11 is 0. The van der Waals surface area contributed by atoms with Crippen molar-refractivity contribution in [2.45, 2.75) is 78.1 Å². The first-order valence-electron chi connectivity index (χ1n) is 9.92. The highest BCUT2D eigenvalue weighted by Crippen LogP contribution is 2.41. The molecule has 0 fully saturated rings. The minimum atomic E-state index is -0.199. The van der Waals surface area contributed by atoms with Gasteiger partial charge in [0.15, 0.2) is 0 Å². The van der Waals surface area contributed by atoms with E-state index in [2.05, 4.69) is 64.1 Å². The lowest BCUT2D eigenvalue weighted by atomic mass is 9.73. The number of hydrogen-bond donors (Lipinski definition) is 1. The van der Waals surface area contributed by atoms with Crippen molar-refractivity contribution >= 4 is 0 Å². The minimum absolute atomic E-state index is 0.199. The molecule has 25 heavy (non-hydrogen) atoms. The zero-order chi connectivity index (χ0) is 18.3. The molecule has 1 nitrogen and oxygen atoms in total. The maximum atomic E-state index is 10.8. The largest absolute Gasteiger partial charge is 0.508 e. The van der Waals surface area contributed by atoms with Gasteiger partial charge in [-0.1, -0.05) is 83.4 Å². The number of phenols is 1. The number of unbranched alkanes of at least 4 members (excludes halogenated alkanes) is 3. The number of aryl methyl sites for hydroxylation is 1. The molecule has 0 atom stereocenters. The predicted octanol–water partition coefficient (Wildman–Crippen LogP) is 6.79. The molecule has 1 N–H and O–H groups in total. The van der Waals surface area contributed by atoms with Crippen molar-refractivity contribution in [2.75, 3.05) is 0 Å². The molecule has 1 heteroatoms. The Labute approximate surface area is 154 Å². The van der Waals surface area contributed by atoms with E-state index < -0.39 is 0 Å². The molecule has 0 spiro atoms. The Morgan fingerprint density at radius 2 is 1.48 bits per heavy atom. The van der Waals surface area contributed by atoms with E-state index in [0.29, 0.717) is 5.75 Å². The van der Waals surface area contributed by atoms with Crippen molar-refractivity contribution in [1.82, 2.24) is 0 Å². The fourth-order valence-corrected chi connectivity index (χ4v) is 3.81. The molecule has 0 saturated carbocycles. The molecule has 0 unspecified atom stereocenters. The Morgan fingerprint density at radius 3 is 2.12 bits per heavy atom. The molecule has 0 radical (unpaired) electrons. The molecule has 0 saturated heterocycles. The first-order chi connectivity index (χ1) is 12.0. The summed E-state index contributed by atoms with van der Waals surface area (Å²) in [6.07, 6.45) is 8.23. The van der Waals surface area contributed by atoms with Crippen molar-refractivity contribution in [2.24, 2.45) is 0 Å². The maximum Gasteiger partial charge on any atom is 0.119 e. The molecular weight excluding hydrogens is 304 g/mol. The quantitative estimate of drug-likeness (QED) is 0.499. The first kappa shape index (κ1) is 19.6. The smallest absolute Gasteiger partial charge is 0.119 e. The molecule has 0 bridgehead atoms. The lowest BCUT2D eigenvalue weighted by Gasteiger charge is -2.31. The third-order valence-corrected chi connectivity index (χ3v) is 5.34. The zero-order valence-electron chi connectivity index (χ0n) is 16.4. The second-order valence-electron chi connectivity index (χ2n) is 7.65. The van der Waals surface area contributed by atoms with Crippen LogP contribution in [-0.2, 0) is 18.3 Å². The van der Waals surface area contributed by atoms with E-state index in [1.54, 1.807) is 0 Å². The van der Waals surface area contributed by atoms with Crippen molar-refractivity contribution in [3.8, 4) is 5.75 Å². The van der Waals surface area contributed by atoms with Crippen LogP contribution < -0.4 is 0 Å². The van der Waals surface area contributed by atoms with Gasteiger partial charge in [0.05, 0.1) is 0 Å². The molecule has 2 rings (SSSR count). The summed E-state index contributed by atoms with van der Waals surface area (Å²) in [6.45, 7) is 8.97. The van der Waals surface area contributed by atoms with Crippen LogP contribution in [0.2, 0.25) is 0 Å². The van der Waals surface area contributed by atoms with Gasteiger partial charge in [0, 0.05) is 11.0 Å². The summed E-state index contributed by atoms with van der Waals surface area (Å²) in [5, 5.41) is 10.8. The normalized spacial score (nSPS) is 11.7. The van der Waals surface area contributed by atoms with E-state index in [9.17, 15) is 5.11 Å². The summed E-state index contributed by atoms with van der Waals surface area (Å²) in [6, 6.07) is 14.6. The van der Waals surface area contributed by atoms with E-state index >= 15 is 0 Å². The summed E-state index contributed by atoms with van der Waals surface area (Å²) in [5.41, 5.74) is 5.00. The number of rotatable bonds is 9. The van der Waals surface area contributed by atoms with Gasteiger partial charge in [-0.25, -0.2) is 0 Å². The summed E-state index contributed by atoms with van der Waals surface area (Å²) in [5.74, 6) is 0.445. The minimum Gasteiger partial charge on any atom is -0.508 e. The van der Waals surface area contributed by atoms with Gasteiger partial charge in [-0.15, -0.1) is 0 Å². The standard InChI is InChI=1S/C24H34O/c1-5-7-10-16-21-19(13-8-6-2)17-18-22(25)23(21)24(3,4)20-14-11-9-12-15-20/h9,11-12,14-15,17-18,25H,5-8,10,13,16H2,1-4H3. The summed E-state index contributed by atoms with van der Waals surface area (Å²) in [4.78, 5) is 0. The highest BCUT2D eigenvalue weighted by molar-refractivity contribution is 5.53. The molecule has 136 valence electrons. The molecule has 0 aliphatic rings. The van der Waals surface area contributed by atoms with Crippen molar-refractivity contribution in [1.29, 1.82) is 0 Å². The van der Waals surface area contributed by atoms with E-state index in [0.717, 1.165) is 18.4 Å². The molecule has 0 aliphatic heterocycles. The molecule has 0 heterocycles. The van der Waals surface area contributed by atoms with Crippen molar-refractivity contribution in [3.05, 3.63) is 64.7 Å². The van der Waals surface area contributed by atoms with Crippen LogP contribution in [0.4, 0.5) is 0 Å². The Balaban J connectivity index is 2.53. The molecule has 0 amide bonds. The van der Waals surface area contributed by atoms with Gasteiger partial charge in [-0.2, -0.15) is 0 Å². The second kappa shape index (κ2) is 9.08. The van der Waals surface area contributed by atoms with Gasteiger partial charge < -0.3 is 5.11 Å². The Kier molecular flexibility index (Phi) is 7.11. The van der Waals surface area contributed by atoms with E-state index in [1.165, 1.54) is 48.8 Å². The van der Waals surface area contributed by atoms with Gasteiger partial charge in [0.25, 0.3) is 0 Å². The average Bonchev–Trinajstić information content (AvgIpc) is 2.62. The van der Waals surface area contributed by atoms with Crippen molar-refractivity contribution < 1.29 is 5.11 Å². The highest BCUT2D eigenvalue weighted by Gasteiger charge is 2.29. The van der Waals surface area contributed by atoms with Crippen molar-refractivity contribution in [3.63, 3.8) is 0 Å². The van der Waals surface area contributed by atoms with Crippen LogP contribution in [0.25, 0.3) is 0 Å². The molecule has 2 aromatic rings. The Hall–Kier alpha value is -1.76. The van der Waals surface area contributed by atoms with E-state index in [1.807, 2.05) is 6.07 Å². The van der Waals surface area contributed by atoms with Gasteiger partial charge in [-0.05, 0) is 48.4 Å². The average molecular weight is 339 g/mol. The van der Waals surface area contributed by atoms with Gasteiger partial charge in [0.2, 0.25) is 0 Å². The maximum absolute atomic E-state index is 10.8. The van der Waals surface area contributed by atoms with Crippen LogP contribution in [0.3, 0.4) is 0 Å². The topological polar surface area (TPSA) is 20.2 Å². The fourth-order valence-electron chi connectivity index (χ4n) is 3.81. The third-order valence-electron chi connectivity index (χ3n) is 5.34. The van der Waals surface area contributed by atoms with Crippen LogP contribution >= 0.6 is 0 Å². The number of phenolic OH excluding ortho intramolecular Hbond substituents is 1. The van der Waals surface area contributed by atoms with Crippen LogP contribution in [0.1, 0.15) is 82.1 Å². The van der Waals surface area contributed by atoms with Crippen LogP contribution in [0, 0.1) is 0 Å². The molecule has 2 aromatic carbocycles. The molecule has 0 aliphatic carbocycles. The number of benzene rings is 2. The monoisotopic (exact) mass is 338 g/mol. The lowest BCUT2D eigenvalue weighted by molar-refractivity contribution is 0.449. The van der Waals surface area contributed by atoms with E-state index in [4.69, 9.17) is 0 Å².